The van der Waals surface area contributed by atoms with E-state index in [4.69, 9.17) is 0 Å². The van der Waals surface area contributed by atoms with Gasteiger partial charge in [-0.15, -0.1) is 24.0 Å². The Morgan fingerprint density at radius 1 is 1.21 bits per heavy atom. The third kappa shape index (κ3) is 6.51. The number of rotatable bonds is 6. The Bertz CT molecular complexity index is 636. The van der Waals surface area contributed by atoms with Gasteiger partial charge in [0.15, 0.2) is 5.96 Å². The van der Waals surface area contributed by atoms with Crippen LogP contribution in [0.3, 0.4) is 0 Å². The topological polar surface area (TPSA) is 54.2 Å². The van der Waals surface area contributed by atoms with Crippen LogP contribution >= 0.6 is 24.0 Å². The average Bonchev–Trinajstić information content (AvgIpc) is 2.86. The highest BCUT2D eigenvalue weighted by atomic mass is 127. The maximum absolute atomic E-state index is 4.52. The van der Waals surface area contributed by atoms with E-state index in [-0.39, 0.29) is 24.0 Å². The van der Waals surface area contributed by atoms with Gasteiger partial charge in [-0.1, -0.05) is 37.3 Å². The minimum absolute atomic E-state index is 0. The number of aryl methyl sites for hydroxylation is 2. The number of nitrogens with one attached hydrogen (secondary N) is 2. The molecule has 1 heterocycles. The van der Waals surface area contributed by atoms with Crippen molar-refractivity contribution in [1.82, 2.24) is 20.4 Å². The summed E-state index contributed by atoms with van der Waals surface area (Å²) in [7, 11) is 1.80. The van der Waals surface area contributed by atoms with Crippen LogP contribution in [0.5, 0.6) is 0 Å². The molecule has 1 aromatic carbocycles. The van der Waals surface area contributed by atoms with Gasteiger partial charge < -0.3 is 10.6 Å². The SMILES string of the molecule is CN=C(NCc1ccccc1)NCC(C)Cn1nc(C)cc1C.I. The second kappa shape index (κ2) is 10.3. The van der Waals surface area contributed by atoms with Crippen molar-refractivity contribution in [2.24, 2.45) is 10.9 Å². The van der Waals surface area contributed by atoms with Crippen LogP contribution in [0.2, 0.25) is 0 Å². The first kappa shape index (κ1) is 20.5. The number of hydrogen-bond donors (Lipinski definition) is 2. The lowest BCUT2D eigenvalue weighted by atomic mass is 10.2. The summed E-state index contributed by atoms with van der Waals surface area (Å²) in [6.07, 6.45) is 0. The fourth-order valence-electron chi connectivity index (χ4n) is 2.49. The van der Waals surface area contributed by atoms with Gasteiger partial charge in [0.25, 0.3) is 0 Å². The van der Waals surface area contributed by atoms with Gasteiger partial charge in [0.2, 0.25) is 0 Å². The predicted molar refractivity (Wildman–Crippen MR) is 111 cm³/mol. The number of nitrogens with zero attached hydrogens (tertiary/aromatic N) is 3. The molecule has 2 rings (SSSR count). The number of benzene rings is 1. The minimum Gasteiger partial charge on any atom is -0.356 e. The lowest BCUT2D eigenvalue weighted by Crippen LogP contribution is -2.39. The standard InChI is InChI=1S/C18H27N5.HI/c1-14(13-23-16(3)10-15(2)22-23)11-20-18(19-4)21-12-17-8-6-5-7-9-17;/h5-10,14H,11-13H2,1-4H3,(H2,19,20,21);1H. The number of aliphatic imine (C=N–C) groups is 1. The first-order chi connectivity index (χ1) is 11.1. The van der Waals surface area contributed by atoms with Crippen molar-refractivity contribution in [3.63, 3.8) is 0 Å². The summed E-state index contributed by atoms with van der Waals surface area (Å²) in [5.74, 6) is 1.29. The molecule has 0 radical (unpaired) electrons. The lowest BCUT2D eigenvalue weighted by molar-refractivity contribution is 0.436. The Balaban J connectivity index is 0.00000288. The predicted octanol–water partition coefficient (Wildman–Crippen LogP) is 3.12. The molecular weight excluding hydrogens is 413 g/mol. The molecule has 0 aliphatic carbocycles. The molecular formula is C18H28IN5. The van der Waals surface area contributed by atoms with Crippen molar-refractivity contribution in [3.8, 4) is 0 Å². The van der Waals surface area contributed by atoms with E-state index in [1.54, 1.807) is 7.05 Å². The zero-order valence-electron chi connectivity index (χ0n) is 14.9. The zero-order chi connectivity index (χ0) is 16.7. The van der Waals surface area contributed by atoms with Gasteiger partial charge in [-0.05, 0) is 31.4 Å². The normalized spacial score (nSPS) is 12.4. The van der Waals surface area contributed by atoms with Gasteiger partial charge in [-0.25, -0.2) is 0 Å². The van der Waals surface area contributed by atoms with Crippen LogP contribution in [0.1, 0.15) is 23.9 Å². The minimum atomic E-state index is 0. The second-order valence-corrected chi connectivity index (χ2v) is 6.01. The summed E-state index contributed by atoms with van der Waals surface area (Å²) >= 11 is 0. The molecule has 0 bridgehead atoms. The third-order valence-electron chi connectivity index (χ3n) is 3.73. The van der Waals surface area contributed by atoms with E-state index in [0.29, 0.717) is 5.92 Å². The fraction of sp³-hybridized carbons (Fsp3) is 0.444. The number of aromatic nitrogens is 2. The Morgan fingerprint density at radius 2 is 1.92 bits per heavy atom. The Hall–Kier alpha value is -1.57. The van der Waals surface area contributed by atoms with Gasteiger partial charge >= 0.3 is 0 Å². The van der Waals surface area contributed by atoms with Gasteiger partial charge in [-0.3, -0.25) is 9.67 Å². The van der Waals surface area contributed by atoms with Crippen molar-refractivity contribution < 1.29 is 0 Å². The van der Waals surface area contributed by atoms with Gasteiger partial charge in [0.1, 0.15) is 0 Å². The molecule has 0 spiro atoms. The van der Waals surface area contributed by atoms with E-state index in [0.717, 1.165) is 31.3 Å². The van der Waals surface area contributed by atoms with Gasteiger partial charge in [0.05, 0.1) is 5.69 Å². The molecule has 0 aliphatic rings. The molecule has 24 heavy (non-hydrogen) atoms. The van der Waals surface area contributed by atoms with E-state index in [1.165, 1.54) is 11.3 Å². The molecule has 5 nitrogen and oxygen atoms in total. The molecule has 0 aliphatic heterocycles. The average molecular weight is 441 g/mol. The molecule has 1 atom stereocenters. The van der Waals surface area contributed by atoms with Crippen LogP contribution in [0.15, 0.2) is 41.4 Å². The van der Waals surface area contributed by atoms with Crippen LogP contribution in [0.4, 0.5) is 0 Å². The fourth-order valence-corrected chi connectivity index (χ4v) is 2.49. The van der Waals surface area contributed by atoms with Crippen molar-refractivity contribution in [2.75, 3.05) is 13.6 Å². The zero-order valence-corrected chi connectivity index (χ0v) is 17.2. The summed E-state index contributed by atoms with van der Waals surface area (Å²) in [4.78, 5) is 4.28. The Kier molecular flexibility index (Phi) is 8.81. The van der Waals surface area contributed by atoms with Crippen LogP contribution in [0.25, 0.3) is 0 Å². The van der Waals surface area contributed by atoms with Crippen LogP contribution in [-0.4, -0.2) is 29.3 Å². The maximum atomic E-state index is 4.52. The monoisotopic (exact) mass is 441 g/mol. The molecule has 0 fully saturated rings. The van der Waals surface area contributed by atoms with E-state index in [9.17, 15) is 0 Å². The van der Waals surface area contributed by atoms with E-state index in [2.05, 4.69) is 57.5 Å². The molecule has 0 saturated carbocycles. The van der Waals surface area contributed by atoms with Crippen molar-refractivity contribution in [3.05, 3.63) is 53.3 Å². The summed E-state index contributed by atoms with van der Waals surface area (Å²) in [5, 5.41) is 11.2. The number of halogens is 1. The largest absolute Gasteiger partial charge is 0.356 e. The molecule has 0 saturated heterocycles. The van der Waals surface area contributed by atoms with Crippen molar-refractivity contribution in [1.29, 1.82) is 0 Å². The van der Waals surface area contributed by atoms with Gasteiger partial charge in [0, 0.05) is 32.4 Å². The molecule has 132 valence electrons. The lowest BCUT2D eigenvalue weighted by Gasteiger charge is -2.17. The molecule has 1 aromatic heterocycles. The summed E-state index contributed by atoms with van der Waals surface area (Å²) in [6.45, 7) is 8.87. The molecule has 2 N–H and O–H groups in total. The van der Waals surface area contributed by atoms with Gasteiger partial charge in [-0.2, -0.15) is 5.10 Å². The number of hydrogen-bond acceptors (Lipinski definition) is 2. The van der Waals surface area contributed by atoms with Crippen LogP contribution in [0, 0.1) is 19.8 Å². The van der Waals surface area contributed by atoms with Crippen molar-refractivity contribution >= 4 is 29.9 Å². The first-order valence-electron chi connectivity index (χ1n) is 8.08. The van der Waals surface area contributed by atoms with Crippen LogP contribution in [-0.2, 0) is 13.1 Å². The van der Waals surface area contributed by atoms with E-state index >= 15 is 0 Å². The van der Waals surface area contributed by atoms with Crippen LogP contribution < -0.4 is 10.6 Å². The Morgan fingerprint density at radius 3 is 2.50 bits per heavy atom. The molecule has 0 amide bonds. The number of guanidine groups is 1. The summed E-state index contributed by atoms with van der Waals surface area (Å²) in [5.41, 5.74) is 3.52. The maximum Gasteiger partial charge on any atom is 0.191 e. The van der Waals surface area contributed by atoms with E-state index < -0.39 is 0 Å². The molecule has 1 unspecified atom stereocenters. The van der Waals surface area contributed by atoms with Crippen molar-refractivity contribution in [2.45, 2.75) is 33.9 Å². The summed E-state index contributed by atoms with van der Waals surface area (Å²) < 4.78 is 2.07. The molecule has 2 aromatic rings. The molecule has 6 heteroatoms. The Labute approximate surface area is 162 Å². The summed E-state index contributed by atoms with van der Waals surface area (Å²) in [6, 6.07) is 12.4. The highest BCUT2D eigenvalue weighted by Crippen LogP contribution is 2.05. The van der Waals surface area contributed by atoms with E-state index in [1.807, 2.05) is 25.1 Å². The second-order valence-electron chi connectivity index (χ2n) is 6.01. The highest BCUT2D eigenvalue weighted by Gasteiger charge is 2.08. The highest BCUT2D eigenvalue weighted by molar-refractivity contribution is 14.0. The first-order valence-corrected chi connectivity index (χ1v) is 8.08. The quantitative estimate of drug-likeness (QED) is 0.412. The smallest absolute Gasteiger partial charge is 0.191 e. The third-order valence-corrected chi connectivity index (χ3v) is 3.73.